The molecule has 0 aliphatic rings. The average molecular weight is 304 g/mol. The van der Waals surface area contributed by atoms with Crippen molar-refractivity contribution in [1.82, 2.24) is 5.32 Å². The van der Waals surface area contributed by atoms with Crippen LogP contribution in [0.25, 0.3) is 0 Å². The van der Waals surface area contributed by atoms with Crippen LogP contribution in [0.15, 0.2) is 24.3 Å². The summed E-state index contributed by atoms with van der Waals surface area (Å²) in [5.74, 6) is -0.910. The summed E-state index contributed by atoms with van der Waals surface area (Å²) in [6.07, 6.45) is 0. The number of thioether (sulfide) groups is 1. The van der Waals surface area contributed by atoms with Crippen molar-refractivity contribution in [3.63, 3.8) is 0 Å². The van der Waals surface area contributed by atoms with Crippen LogP contribution in [0, 0.1) is 0 Å². The third kappa shape index (κ3) is 5.96. The fourth-order valence-electron chi connectivity index (χ4n) is 1.26. The number of nitrogens with one attached hydrogen (secondary N) is 1. The summed E-state index contributed by atoms with van der Waals surface area (Å²) < 4.78 is 0. The van der Waals surface area contributed by atoms with Gasteiger partial charge < -0.3 is 15.5 Å². The zero-order valence-electron chi connectivity index (χ0n) is 10.0. The molecule has 0 saturated heterocycles. The number of aliphatic carboxylic acids is 1. The van der Waals surface area contributed by atoms with E-state index in [1.54, 1.807) is 12.1 Å². The van der Waals surface area contributed by atoms with E-state index in [0.717, 1.165) is 5.56 Å². The van der Waals surface area contributed by atoms with Gasteiger partial charge in [0.25, 0.3) is 0 Å². The highest BCUT2D eigenvalue weighted by molar-refractivity contribution is 7.99. The maximum atomic E-state index is 11.4. The first-order valence-electron chi connectivity index (χ1n) is 5.48. The van der Waals surface area contributed by atoms with Crippen molar-refractivity contribution in [3.05, 3.63) is 34.9 Å². The molecule has 0 radical (unpaired) electrons. The predicted molar refractivity (Wildman–Crippen MR) is 74.3 cm³/mol. The number of hydrogen-bond donors (Lipinski definition) is 3. The molecule has 3 N–H and O–H groups in total. The number of hydrogen-bond acceptors (Lipinski definition) is 4. The lowest BCUT2D eigenvalue weighted by Gasteiger charge is -2.11. The third-order valence-corrected chi connectivity index (χ3v) is 3.49. The maximum Gasteiger partial charge on any atom is 0.328 e. The normalized spacial score (nSPS) is 11.9. The Balaban J connectivity index is 2.30. The summed E-state index contributed by atoms with van der Waals surface area (Å²) in [4.78, 5) is 22.0. The van der Waals surface area contributed by atoms with E-state index in [1.165, 1.54) is 11.8 Å². The molecule has 0 spiro atoms. The van der Waals surface area contributed by atoms with Gasteiger partial charge in [-0.2, -0.15) is 0 Å². The second kappa shape index (κ2) is 8.04. The van der Waals surface area contributed by atoms with E-state index in [1.807, 2.05) is 12.1 Å². The fraction of sp³-hybridized carbons (Fsp3) is 0.333. The van der Waals surface area contributed by atoms with Crippen molar-refractivity contribution in [2.45, 2.75) is 11.8 Å². The zero-order chi connectivity index (χ0) is 14.3. The van der Waals surface area contributed by atoms with E-state index in [4.69, 9.17) is 21.8 Å². The number of rotatable bonds is 7. The minimum atomic E-state index is -1.25. The van der Waals surface area contributed by atoms with Gasteiger partial charge in [-0.05, 0) is 17.7 Å². The van der Waals surface area contributed by atoms with E-state index >= 15 is 0 Å². The summed E-state index contributed by atoms with van der Waals surface area (Å²) in [5, 5.41) is 20.3. The van der Waals surface area contributed by atoms with Crippen molar-refractivity contribution in [1.29, 1.82) is 0 Å². The second-order valence-electron chi connectivity index (χ2n) is 3.76. The molecule has 7 heteroatoms. The second-order valence-corrected chi connectivity index (χ2v) is 5.18. The standard InChI is InChI=1S/C12H14ClNO4S/c13-9-3-1-8(2-4-9)6-19-7-11(16)14-10(5-15)12(17)18/h1-4,10,15H,5-7H2,(H,14,16)(H,17,18)/t10-/m1/s1. The van der Waals surface area contributed by atoms with Crippen LogP contribution >= 0.6 is 23.4 Å². The van der Waals surface area contributed by atoms with Crippen LogP contribution in [0.5, 0.6) is 0 Å². The van der Waals surface area contributed by atoms with Crippen LogP contribution in [0.4, 0.5) is 0 Å². The van der Waals surface area contributed by atoms with Crippen molar-refractivity contribution < 1.29 is 19.8 Å². The Morgan fingerprint density at radius 1 is 1.32 bits per heavy atom. The monoisotopic (exact) mass is 303 g/mol. The molecule has 1 rings (SSSR count). The molecule has 0 aliphatic heterocycles. The van der Waals surface area contributed by atoms with Gasteiger partial charge in [-0.25, -0.2) is 4.79 Å². The highest BCUT2D eigenvalue weighted by atomic mass is 35.5. The Labute approximate surface area is 120 Å². The molecule has 1 aromatic rings. The first-order chi connectivity index (χ1) is 9.02. The highest BCUT2D eigenvalue weighted by Crippen LogP contribution is 2.15. The first kappa shape index (κ1) is 15.8. The molecule has 0 saturated carbocycles. The Morgan fingerprint density at radius 3 is 2.47 bits per heavy atom. The van der Waals surface area contributed by atoms with E-state index in [2.05, 4.69) is 5.32 Å². The van der Waals surface area contributed by atoms with Gasteiger partial charge in [0.15, 0.2) is 0 Å². The average Bonchev–Trinajstić information content (AvgIpc) is 2.38. The van der Waals surface area contributed by atoms with Gasteiger partial charge >= 0.3 is 5.97 Å². The Bertz CT molecular complexity index is 438. The number of carboxylic acids is 1. The van der Waals surface area contributed by atoms with Crippen molar-refractivity contribution in [2.24, 2.45) is 0 Å². The summed E-state index contributed by atoms with van der Waals surface area (Å²) in [6.45, 7) is -0.622. The number of aliphatic hydroxyl groups excluding tert-OH is 1. The number of aliphatic hydroxyl groups is 1. The molecule has 1 atom stereocenters. The third-order valence-electron chi connectivity index (χ3n) is 2.23. The minimum absolute atomic E-state index is 0.131. The quantitative estimate of drug-likeness (QED) is 0.703. The Hall–Kier alpha value is -1.24. The van der Waals surface area contributed by atoms with Crippen molar-refractivity contribution in [3.8, 4) is 0 Å². The molecule has 0 bridgehead atoms. The van der Waals surface area contributed by atoms with Crippen LogP contribution in [-0.4, -0.2) is 40.5 Å². The van der Waals surface area contributed by atoms with Gasteiger partial charge in [0.05, 0.1) is 12.4 Å². The zero-order valence-corrected chi connectivity index (χ0v) is 11.6. The Kier molecular flexibility index (Phi) is 6.69. The summed E-state index contributed by atoms with van der Waals surface area (Å²) in [7, 11) is 0. The number of carbonyl (C=O) groups excluding carboxylic acids is 1. The SMILES string of the molecule is O=C(CSCc1ccc(Cl)cc1)N[C@H](CO)C(=O)O. The number of halogens is 1. The van der Waals surface area contributed by atoms with E-state index in [-0.39, 0.29) is 5.75 Å². The molecule has 0 aromatic heterocycles. The smallest absolute Gasteiger partial charge is 0.328 e. The lowest BCUT2D eigenvalue weighted by molar-refractivity contribution is -0.142. The molecular formula is C12H14ClNO4S. The molecular weight excluding hydrogens is 290 g/mol. The van der Waals surface area contributed by atoms with Crippen LogP contribution in [0.3, 0.4) is 0 Å². The number of carboxylic acid groups (broad SMARTS) is 1. The summed E-state index contributed by atoms with van der Waals surface area (Å²) >= 11 is 7.10. The lowest BCUT2D eigenvalue weighted by Crippen LogP contribution is -2.44. The molecule has 0 aliphatic carbocycles. The number of amides is 1. The van der Waals surface area contributed by atoms with Gasteiger partial charge in [0, 0.05) is 10.8 Å². The van der Waals surface area contributed by atoms with Gasteiger partial charge in [0.1, 0.15) is 6.04 Å². The largest absolute Gasteiger partial charge is 0.480 e. The van der Waals surface area contributed by atoms with E-state index < -0.39 is 24.5 Å². The number of carbonyl (C=O) groups is 2. The topological polar surface area (TPSA) is 86.6 Å². The fourth-order valence-corrected chi connectivity index (χ4v) is 2.19. The lowest BCUT2D eigenvalue weighted by atomic mass is 10.2. The predicted octanol–water partition coefficient (Wildman–Crippen LogP) is 1.13. The first-order valence-corrected chi connectivity index (χ1v) is 7.01. The van der Waals surface area contributed by atoms with Gasteiger partial charge in [-0.1, -0.05) is 23.7 Å². The molecule has 104 valence electrons. The molecule has 1 aromatic carbocycles. The van der Waals surface area contributed by atoms with Crippen molar-refractivity contribution in [2.75, 3.05) is 12.4 Å². The maximum absolute atomic E-state index is 11.4. The Morgan fingerprint density at radius 2 is 1.95 bits per heavy atom. The van der Waals surface area contributed by atoms with E-state index in [0.29, 0.717) is 10.8 Å². The molecule has 1 amide bonds. The molecule has 5 nitrogen and oxygen atoms in total. The van der Waals surface area contributed by atoms with Gasteiger partial charge in [-0.15, -0.1) is 11.8 Å². The van der Waals surface area contributed by atoms with Gasteiger partial charge in [0.2, 0.25) is 5.91 Å². The minimum Gasteiger partial charge on any atom is -0.480 e. The van der Waals surface area contributed by atoms with Gasteiger partial charge in [-0.3, -0.25) is 4.79 Å². The van der Waals surface area contributed by atoms with Crippen LogP contribution in [0.1, 0.15) is 5.56 Å². The van der Waals surface area contributed by atoms with E-state index in [9.17, 15) is 9.59 Å². The molecule has 0 unspecified atom stereocenters. The molecule has 19 heavy (non-hydrogen) atoms. The van der Waals surface area contributed by atoms with Crippen LogP contribution in [-0.2, 0) is 15.3 Å². The number of benzene rings is 1. The molecule has 0 heterocycles. The highest BCUT2D eigenvalue weighted by Gasteiger charge is 2.18. The summed E-state index contributed by atoms with van der Waals surface area (Å²) in [5.41, 5.74) is 1.03. The van der Waals surface area contributed by atoms with Crippen LogP contribution < -0.4 is 5.32 Å². The summed E-state index contributed by atoms with van der Waals surface area (Å²) in [6, 6.07) is 6.01. The van der Waals surface area contributed by atoms with Crippen LogP contribution in [0.2, 0.25) is 5.02 Å². The molecule has 0 fully saturated rings. The van der Waals surface area contributed by atoms with Crippen molar-refractivity contribution >= 4 is 35.2 Å².